The Bertz CT molecular complexity index is 843. The van der Waals surface area contributed by atoms with Crippen molar-refractivity contribution in [2.45, 2.75) is 6.42 Å². The highest BCUT2D eigenvalue weighted by Crippen LogP contribution is 2.21. The lowest BCUT2D eigenvalue weighted by Gasteiger charge is -2.03. The molecule has 2 aromatic carbocycles. The number of hydrogen-bond acceptors (Lipinski definition) is 5. The maximum absolute atomic E-state index is 12.0. The van der Waals surface area contributed by atoms with E-state index >= 15 is 0 Å². The van der Waals surface area contributed by atoms with Crippen LogP contribution >= 0.6 is 11.3 Å². The van der Waals surface area contributed by atoms with E-state index in [0.29, 0.717) is 13.0 Å². The molecule has 6 nitrogen and oxygen atoms in total. The van der Waals surface area contributed by atoms with E-state index in [1.807, 2.05) is 24.3 Å². The minimum atomic E-state index is -0.516. The van der Waals surface area contributed by atoms with Gasteiger partial charge in [0.2, 0.25) is 0 Å². The summed E-state index contributed by atoms with van der Waals surface area (Å²) in [4.78, 5) is 26.7. The van der Waals surface area contributed by atoms with E-state index in [2.05, 4.69) is 10.3 Å². The number of aromatic nitrogens is 1. The Morgan fingerprint density at radius 1 is 1.22 bits per heavy atom. The van der Waals surface area contributed by atoms with E-state index in [9.17, 15) is 14.9 Å². The molecule has 1 amide bonds. The number of para-hydroxylation sites is 1. The topological polar surface area (TPSA) is 85.1 Å². The molecule has 0 unspecified atom stereocenters. The van der Waals surface area contributed by atoms with Gasteiger partial charge in [0, 0.05) is 30.7 Å². The smallest absolute Gasteiger partial charge is 0.270 e. The second kappa shape index (κ2) is 6.53. The SMILES string of the molecule is O=C(NCCc1nc2ccccc2s1)c1cccc([N+](=O)[O-])c1. The molecule has 1 aromatic heterocycles. The largest absolute Gasteiger partial charge is 0.352 e. The van der Waals surface area contributed by atoms with Crippen molar-refractivity contribution in [3.63, 3.8) is 0 Å². The summed E-state index contributed by atoms with van der Waals surface area (Å²) in [5.74, 6) is -0.324. The standard InChI is InChI=1S/C16H13N3O3S/c20-16(11-4-3-5-12(10-11)19(21)22)17-9-8-15-18-13-6-1-2-7-14(13)23-15/h1-7,10H,8-9H2,(H,17,20). The van der Waals surface area contributed by atoms with Crippen LogP contribution in [0, 0.1) is 10.1 Å². The summed E-state index contributed by atoms with van der Waals surface area (Å²) in [6.45, 7) is 0.432. The highest BCUT2D eigenvalue weighted by atomic mass is 32.1. The quantitative estimate of drug-likeness (QED) is 0.576. The number of rotatable bonds is 5. The molecule has 0 radical (unpaired) electrons. The van der Waals surface area contributed by atoms with Crippen molar-refractivity contribution in [2.24, 2.45) is 0 Å². The lowest BCUT2D eigenvalue weighted by molar-refractivity contribution is -0.384. The van der Waals surface area contributed by atoms with Gasteiger partial charge in [-0.25, -0.2) is 4.98 Å². The molecule has 0 saturated carbocycles. The van der Waals surface area contributed by atoms with Gasteiger partial charge in [-0.15, -0.1) is 11.3 Å². The number of nitrogens with one attached hydrogen (secondary N) is 1. The number of carbonyl (C=O) groups is 1. The predicted molar refractivity (Wildman–Crippen MR) is 88.8 cm³/mol. The Hall–Kier alpha value is -2.80. The number of fused-ring (bicyclic) bond motifs is 1. The van der Waals surface area contributed by atoms with Gasteiger partial charge in [-0.3, -0.25) is 14.9 Å². The van der Waals surface area contributed by atoms with E-state index in [0.717, 1.165) is 15.2 Å². The molecule has 0 saturated heterocycles. The van der Waals surface area contributed by atoms with Crippen LogP contribution in [-0.2, 0) is 6.42 Å². The second-order valence-corrected chi connectivity index (χ2v) is 6.00. The predicted octanol–water partition coefficient (Wildman–Crippen LogP) is 3.18. The van der Waals surface area contributed by atoms with Crippen LogP contribution in [0.15, 0.2) is 48.5 Å². The van der Waals surface area contributed by atoms with Crippen molar-refractivity contribution in [1.82, 2.24) is 10.3 Å². The zero-order valence-electron chi connectivity index (χ0n) is 12.1. The van der Waals surface area contributed by atoms with Crippen LogP contribution < -0.4 is 5.32 Å². The first kappa shape index (κ1) is 15.1. The molecule has 116 valence electrons. The van der Waals surface area contributed by atoms with E-state index in [1.54, 1.807) is 17.4 Å². The molecular weight excluding hydrogens is 314 g/mol. The molecule has 0 aliphatic carbocycles. The van der Waals surface area contributed by atoms with E-state index in [4.69, 9.17) is 0 Å². The van der Waals surface area contributed by atoms with Gasteiger partial charge in [0.15, 0.2) is 0 Å². The van der Waals surface area contributed by atoms with Gasteiger partial charge < -0.3 is 5.32 Å². The zero-order chi connectivity index (χ0) is 16.2. The zero-order valence-corrected chi connectivity index (χ0v) is 12.9. The van der Waals surface area contributed by atoms with Crippen molar-refractivity contribution in [3.05, 3.63) is 69.2 Å². The molecule has 0 bridgehead atoms. The molecule has 0 aliphatic heterocycles. The molecule has 23 heavy (non-hydrogen) atoms. The Balaban J connectivity index is 1.60. The average Bonchev–Trinajstić information content (AvgIpc) is 2.97. The molecule has 0 spiro atoms. The molecule has 1 N–H and O–H groups in total. The fourth-order valence-electron chi connectivity index (χ4n) is 2.17. The third-order valence-corrected chi connectivity index (χ3v) is 4.38. The number of amides is 1. The summed E-state index contributed by atoms with van der Waals surface area (Å²) in [6, 6.07) is 13.6. The number of nitro groups is 1. The summed E-state index contributed by atoms with van der Waals surface area (Å²) in [5, 5.41) is 14.4. The number of nitro benzene ring substituents is 1. The molecule has 0 atom stereocenters. The molecule has 0 aliphatic rings. The van der Waals surface area contributed by atoms with Crippen LogP contribution in [0.25, 0.3) is 10.2 Å². The number of carbonyl (C=O) groups excluding carboxylic acids is 1. The van der Waals surface area contributed by atoms with Gasteiger partial charge in [0.05, 0.1) is 20.1 Å². The number of non-ortho nitro benzene ring substituents is 1. The number of benzene rings is 2. The fraction of sp³-hybridized carbons (Fsp3) is 0.125. The summed E-state index contributed by atoms with van der Waals surface area (Å²) in [6.07, 6.45) is 0.625. The van der Waals surface area contributed by atoms with E-state index in [1.165, 1.54) is 18.2 Å². The van der Waals surface area contributed by atoms with Crippen LogP contribution in [0.2, 0.25) is 0 Å². The highest BCUT2D eigenvalue weighted by molar-refractivity contribution is 7.18. The van der Waals surface area contributed by atoms with Gasteiger partial charge in [-0.05, 0) is 18.2 Å². The molecule has 3 rings (SSSR count). The first-order valence-electron chi connectivity index (χ1n) is 7.00. The number of hydrogen-bond donors (Lipinski definition) is 1. The summed E-state index contributed by atoms with van der Waals surface area (Å²) in [7, 11) is 0. The molecule has 0 fully saturated rings. The normalized spacial score (nSPS) is 10.6. The Kier molecular flexibility index (Phi) is 4.29. The highest BCUT2D eigenvalue weighted by Gasteiger charge is 2.11. The van der Waals surface area contributed by atoms with Crippen LogP contribution in [0.1, 0.15) is 15.4 Å². The monoisotopic (exact) mass is 327 g/mol. The summed E-state index contributed by atoms with van der Waals surface area (Å²) >= 11 is 1.60. The van der Waals surface area contributed by atoms with Gasteiger partial charge in [0.1, 0.15) is 0 Å². The lowest BCUT2D eigenvalue weighted by atomic mass is 10.2. The van der Waals surface area contributed by atoms with Crippen molar-refractivity contribution in [1.29, 1.82) is 0 Å². The number of thiazole rings is 1. The van der Waals surface area contributed by atoms with Gasteiger partial charge in [-0.1, -0.05) is 18.2 Å². The second-order valence-electron chi connectivity index (χ2n) is 4.89. The van der Waals surface area contributed by atoms with Crippen molar-refractivity contribution >= 4 is 33.1 Å². The van der Waals surface area contributed by atoms with Gasteiger partial charge in [-0.2, -0.15) is 0 Å². The van der Waals surface area contributed by atoms with Gasteiger partial charge >= 0.3 is 0 Å². The van der Waals surface area contributed by atoms with Crippen LogP contribution in [-0.4, -0.2) is 22.4 Å². The van der Waals surface area contributed by atoms with E-state index in [-0.39, 0.29) is 17.2 Å². The third-order valence-electron chi connectivity index (χ3n) is 3.28. The first-order valence-corrected chi connectivity index (χ1v) is 7.82. The maximum Gasteiger partial charge on any atom is 0.270 e. The van der Waals surface area contributed by atoms with E-state index < -0.39 is 4.92 Å². The van der Waals surface area contributed by atoms with Gasteiger partial charge in [0.25, 0.3) is 11.6 Å². The lowest BCUT2D eigenvalue weighted by Crippen LogP contribution is -2.25. The first-order chi connectivity index (χ1) is 11.1. The molecule has 3 aromatic rings. The molecule has 7 heteroatoms. The van der Waals surface area contributed by atoms with Crippen molar-refractivity contribution in [2.75, 3.05) is 6.54 Å². The van der Waals surface area contributed by atoms with Crippen LogP contribution in [0.3, 0.4) is 0 Å². The Morgan fingerprint density at radius 3 is 2.83 bits per heavy atom. The molecular formula is C16H13N3O3S. The summed E-state index contributed by atoms with van der Waals surface area (Å²) in [5.41, 5.74) is 1.14. The minimum absolute atomic E-state index is 0.0937. The Morgan fingerprint density at radius 2 is 2.04 bits per heavy atom. The average molecular weight is 327 g/mol. The fourth-order valence-corrected chi connectivity index (χ4v) is 3.14. The summed E-state index contributed by atoms with van der Waals surface area (Å²) < 4.78 is 1.12. The van der Waals surface area contributed by atoms with Crippen LogP contribution in [0.4, 0.5) is 5.69 Å². The van der Waals surface area contributed by atoms with Crippen molar-refractivity contribution < 1.29 is 9.72 Å². The maximum atomic E-state index is 12.0. The number of nitrogens with zero attached hydrogens (tertiary/aromatic N) is 2. The van der Waals surface area contributed by atoms with Crippen LogP contribution in [0.5, 0.6) is 0 Å². The van der Waals surface area contributed by atoms with Crippen molar-refractivity contribution in [3.8, 4) is 0 Å². The minimum Gasteiger partial charge on any atom is -0.352 e. The molecule has 1 heterocycles. The third kappa shape index (κ3) is 3.51. The Labute approximate surface area is 135 Å².